The first kappa shape index (κ1) is 17.9. The minimum atomic E-state index is -1.03. The lowest BCUT2D eigenvalue weighted by molar-refractivity contribution is -0.384. The van der Waals surface area contributed by atoms with E-state index in [-0.39, 0.29) is 12.1 Å². The number of rotatable bonds is 7. The van der Waals surface area contributed by atoms with Crippen LogP contribution in [0.25, 0.3) is 11.0 Å². The van der Waals surface area contributed by atoms with Crippen molar-refractivity contribution >= 4 is 34.5 Å². The third-order valence-electron chi connectivity index (χ3n) is 3.79. The van der Waals surface area contributed by atoms with Crippen LogP contribution in [0.1, 0.15) is 11.1 Å². The maximum Gasteiger partial charge on any atom is 0.320 e. The Labute approximate surface area is 152 Å². The van der Waals surface area contributed by atoms with Gasteiger partial charge in [0.05, 0.1) is 16.0 Å². The van der Waals surface area contributed by atoms with Crippen molar-refractivity contribution < 1.29 is 14.8 Å². The monoisotopic (exact) mass is 372 g/mol. The predicted molar refractivity (Wildman–Crippen MR) is 98.1 cm³/mol. The topological polar surface area (TPSA) is 135 Å². The highest BCUT2D eigenvalue weighted by atomic mass is 32.2. The van der Waals surface area contributed by atoms with E-state index in [9.17, 15) is 14.9 Å². The number of nitro benzene ring substituents is 1. The van der Waals surface area contributed by atoms with Gasteiger partial charge in [-0.3, -0.25) is 14.9 Å². The maximum atomic E-state index is 10.9. The second-order valence-corrected chi connectivity index (χ2v) is 6.72. The molecule has 26 heavy (non-hydrogen) atoms. The van der Waals surface area contributed by atoms with Crippen molar-refractivity contribution in [3.63, 3.8) is 0 Å². The standard InChI is InChI=1S/C17H16N4O4S/c18-13(16(22)23)7-10-2-1-3-11(6-10)9-26-17-19-14-5-4-12(21(24)25)8-15(14)20-17/h1-6,8,13H,7,9,18H2,(H,19,20)(H,22,23). The molecule has 1 heterocycles. The van der Waals surface area contributed by atoms with Gasteiger partial charge in [-0.15, -0.1) is 0 Å². The van der Waals surface area contributed by atoms with Crippen LogP contribution in [-0.2, 0) is 17.0 Å². The first-order valence-electron chi connectivity index (χ1n) is 7.75. The SMILES string of the molecule is NC(Cc1cccc(CSc2nc3ccc([N+](=O)[O-])cc3[nH]2)c1)C(=O)O. The van der Waals surface area contributed by atoms with E-state index in [0.29, 0.717) is 21.9 Å². The Morgan fingerprint density at radius 1 is 1.31 bits per heavy atom. The largest absolute Gasteiger partial charge is 0.480 e. The van der Waals surface area contributed by atoms with Crippen LogP contribution in [0.5, 0.6) is 0 Å². The number of H-pyrrole nitrogens is 1. The van der Waals surface area contributed by atoms with Gasteiger partial charge >= 0.3 is 5.97 Å². The lowest BCUT2D eigenvalue weighted by Crippen LogP contribution is -2.32. The number of hydrogen-bond donors (Lipinski definition) is 3. The zero-order valence-corrected chi connectivity index (χ0v) is 14.4. The van der Waals surface area contributed by atoms with Crippen LogP contribution >= 0.6 is 11.8 Å². The quantitative estimate of drug-likeness (QED) is 0.329. The maximum absolute atomic E-state index is 10.9. The van der Waals surface area contributed by atoms with Crippen molar-refractivity contribution in [1.29, 1.82) is 0 Å². The Morgan fingerprint density at radius 3 is 2.81 bits per heavy atom. The molecule has 0 aliphatic heterocycles. The molecule has 8 nitrogen and oxygen atoms in total. The number of aliphatic carboxylic acids is 1. The molecule has 1 aromatic heterocycles. The number of carboxylic acid groups (broad SMARTS) is 1. The van der Waals surface area contributed by atoms with Gasteiger partial charge in [-0.25, -0.2) is 4.98 Å². The Kier molecular flexibility index (Phi) is 5.19. The van der Waals surface area contributed by atoms with Crippen molar-refractivity contribution in [1.82, 2.24) is 9.97 Å². The molecule has 0 aliphatic rings. The molecule has 9 heteroatoms. The predicted octanol–water partition coefficient (Wildman–Crippen LogP) is 2.72. The summed E-state index contributed by atoms with van der Waals surface area (Å²) in [6.45, 7) is 0. The molecule has 0 saturated carbocycles. The number of fused-ring (bicyclic) bond motifs is 1. The van der Waals surface area contributed by atoms with Crippen LogP contribution in [0, 0.1) is 10.1 Å². The third kappa shape index (κ3) is 4.19. The molecular weight excluding hydrogens is 356 g/mol. The van der Waals surface area contributed by atoms with Crippen LogP contribution in [0.4, 0.5) is 5.69 Å². The third-order valence-corrected chi connectivity index (χ3v) is 4.74. The Hall–Kier alpha value is -2.91. The number of thioether (sulfide) groups is 1. The summed E-state index contributed by atoms with van der Waals surface area (Å²) in [6.07, 6.45) is 0.266. The lowest BCUT2D eigenvalue weighted by atomic mass is 10.0. The smallest absolute Gasteiger partial charge is 0.320 e. The number of hydrogen-bond acceptors (Lipinski definition) is 6. The molecule has 0 amide bonds. The molecule has 3 rings (SSSR count). The van der Waals surface area contributed by atoms with E-state index in [1.807, 2.05) is 24.3 Å². The van der Waals surface area contributed by atoms with Gasteiger partial charge in [0.2, 0.25) is 0 Å². The second kappa shape index (κ2) is 7.54. The number of aromatic nitrogens is 2. The molecule has 134 valence electrons. The number of carboxylic acids is 1. The number of imidazole rings is 1. The van der Waals surface area contributed by atoms with E-state index in [0.717, 1.165) is 11.1 Å². The summed E-state index contributed by atoms with van der Waals surface area (Å²) in [4.78, 5) is 28.7. The van der Waals surface area contributed by atoms with Gasteiger partial charge in [-0.1, -0.05) is 36.0 Å². The number of benzene rings is 2. The molecule has 0 aliphatic carbocycles. The summed E-state index contributed by atoms with van der Waals surface area (Å²) in [5.41, 5.74) is 8.74. The molecule has 2 aromatic carbocycles. The number of nitrogens with zero attached hydrogens (tertiary/aromatic N) is 2. The first-order chi connectivity index (χ1) is 12.4. The average molecular weight is 372 g/mol. The van der Waals surface area contributed by atoms with Crippen molar-refractivity contribution in [3.05, 3.63) is 63.7 Å². The molecule has 0 fully saturated rings. The van der Waals surface area contributed by atoms with E-state index < -0.39 is 16.9 Å². The summed E-state index contributed by atoms with van der Waals surface area (Å²) >= 11 is 1.46. The zero-order chi connectivity index (χ0) is 18.7. The molecule has 0 bridgehead atoms. The number of carbonyl (C=O) groups is 1. The van der Waals surface area contributed by atoms with Gasteiger partial charge in [-0.05, 0) is 23.6 Å². The summed E-state index contributed by atoms with van der Waals surface area (Å²) in [5, 5.41) is 20.4. The van der Waals surface area contributed by atoms with Crippen LogP contribution < -0.4 is 5.73 Å². The van der Waals surface area contributed by atoms with E-state index >= 15 is 0 Å². The fraction of sp³-hybridized carbons (Fsp3) is 0.176. The normalized spacial score (nSPS) is 12.2. The van der Waals surface area contributed by atoms with Crippen molar-refractivity contribution in [3.8, 4) is 0 Å². The van der Waals surface area contributed by atoms with Gasteiger partial charge in [0, 0.05) is 17.9 Å². The number of nitrogens with one attached hydrogen (secondary N) is 1. The van der Waals surface area contributed by atoms with Gasteiger partial charge in [-0.2, -0.15) is 0 Å². The van der Waals surface area contributed by atoms with E-state index in [2.05, 4.69) is 9.97 Å². The van der Waals surface area contributed by atoms with Crippen molar-refractivity contribution in [2.45, 2.75) is 23.4 Å². The van der Waals surface area contributed by atoms with Crippen molar-refractivity contribution in [2.75, 3.05) is 0 Å². The first-order valence-corrected chi connectivity index (χ1v) is 8.74. The van der Waals surface area contributed by atoms with E-state index in [4.69, 9.17) is 10.8 Å². The number of aromatic amines is 1. The molecule has 3 aromatic rings. The fourth-order valence-corrected chi connectivity index (χ4v) is 3.32. The summed E-state index contributed by atoms with van der Waals surface area (Å²) in [7, 11) is 0. The molecule has 0 radical (unpaired) electrons. The highest BCUT2D eigenvalue weighted by molar-refractivity contribution is 7.98. The Bertz CT molecular complexity index is 972. The molecule has 0 spiro atoms. The van der Waals surface area contributed by atoms with Gasteiger partial charge < -0.3 is 15.8 Å². The van der Waals surface area contributed by atoms with Gasteiger partial charge in [0.15, 0.2) is 5.16 Å². The number of non-ortho nitro benzene ring substituents is 1. The molecule has 1 atom stereocenters. The van der Waals surface area contributed by atoms with Crippen LogP contribution in [0.2, 0.25) is 0 Å². The minimum absolute atomic E-state index is 0.0140. The molecular formula is C17H16N4O4S. The Balaban J connectivity index is 1.70. The fourth-order valence-electron chi connectivity index (χ4n) is 2.50. The minimum Gasteiger partial charge on any atom is -0.480 e. The number of nitro groups is 1. The van der Waals surface area contributed by atoms with Crippen LogP contribution in [0.15, 0.2) is 47.6 Å². The Morgan fingerprint density at radius 2 is 2.08 bits per heavy atom. The van der Waals surface area contributed by atoms with Crippen LogP contribution in [0.3, 0.4) is 0 Å². The molecule has 0 saturated heterocycles. The molecule has 1 unspecified atom stereocenters. The lowest BCUT2D eigenvalue weighted by Gasteiger charge is -2.08. The zero-order valence-electron chi connectivity index (χ0n) is 13.6. The molecule has 4 N–H and O–H groups in total. The summed E-state index contributed by atoms with van der Waals surface area (Å²) < 4.78 is 0. The number of nitrogens with two attached hydrogens (primary N) is 1. The highest BCUT2D eigenvalue weighted by Gasteiger charge is 2.13. The van der Waals surface area contributed by atoms with Crippen molar-refractivity contribution in [2.24, 2.45) is 5.73 Å². The van der Waals surface area contributed by atoms with E-state index in [1.165, 1.54) is 23.9 Å². The van der Waals surface area contributed by atoms with Gasteiger partial charge in [0.25, 0.3) is 5.69 Å². The summed E-state index contributed by atoms with van der Waals surface area (Å²) in [6, 6.07) is 11.1. The second-order valence-electron chi connectivity index (χ2n) is 5.76. The average Bonchev–Trinajstić information content (AvgIpc) is 3.02. The van der Waals surface area contributed by atoms with E-state index in [1.54, 1.807) is 6.07 Å². The summed E-state index contributed by atoms with van der Waals surface area (Å²) in [5.74, 6) is -0.404. The van der Waals surface area contributed by atoms with Gasteiger partial charge in [0.1, 0.15) is 6.04 Å². The van der Waals surface area contributed by atoms with Crippen LogP contribution in [-0.4, -0.2) is 32.0 Å². The highest BCUT2D eigenvalue weighted by Crippen LogP contribution is 2.25.